The van der Waals surface area contributed by atoms with Crippen LogP contribution < -0.4 is 4.74 Å². The molecule has 1 fully saturated rings. The normalized spacial score (nSPS) is 19.8. The molecule has 1 saturated heterocycles. The van der Waals surface area contributed by atoms with Gasteiger partial charge in [0.25, 0.3) is 0 Å². The lowest BCUT2D eigenvalue weighted by Crippen LogP contribution is -2.08. The third kappa shape index (κ3) is 1.86. The number of hydrogen-bond acceptors (Lipinski definition) is 5. The van der Waals surface area contributed by atoms with Gasteiger partial charge in [-0.25, -0.2) is 4.98 Å². The molecule has 1 aliphatic rings. The van der Waals surface area contributed by atoms with E-state index in [1.807, 2.05) is 0 Å². The van der Waals surface area contributed by atoms with Gasteiger partial charge in [-0.15, -0.1) is 0 Å². The second-order valence-corrected chi connectivity index (χ2v) is 3.67. The van der Waals surface area contributed by atoms with E-state index in [-0.39, 0.29) is 17.5 Å². The number of esters is 2. The van der Waals surface area contributed by atoms with Gasteiger partial charge in [-0.3, -0.25) is 9.59 Å². The van der Waals surface area contributed by atoms with E-state index in [9.17, 15) is 9.59 Å². The first-order chi connectivity index (χ1) is 7.61. The highest BCUT2D eigenvalue weighted by atomic mass is 35.5. The minimum absolute atomic E-state index is 0.0124. The number of carbonyl (C=O) groups is 2. The highest BCUT2D eigenvalue weighted by Crippen LogP contribution is 2.33. The molecule has 1 unspecified atom stereocenters. The largest absolute Gasteiger partial charge is 0.481 e. The molecule has 1 aromatic heterocycles. The van der Waals surface area contributed by atoms with Gasteiger partial charge in [0.15, 0.2) is 0 Å². The first-order valence-corrected chi connectivity index (χ1v) is 4.94. The van der Waals surface area contributed by atoms with E-state index in [0.29, 0.717) is 5.56 Å². The smallest absolute Gasteiger partial charge is 0.321 e. The van der Waals surface area contributed by atoms with Crippen LogP contribution in [0.5, 0.6) is 5.88 Å². The molecule has 0 aromatic carbocycles. The molecule has 0 radical (unpaired) electrons. The fraction of sp³-hybridized carbons (Fsp3) is 0.300. The SMILES string of the molecule is COc1nc(Cl)ccc1C1CC(=O)OC1=O. The number of cyclic esters (lactones) is 2. The second kappa shape index (κ2) is 4.09. The van der Waals surface area contributed by atoms with Crippen molar-refractivity contribution in [3.05, 3.63) is 22.8 Å². The van der Waals surface area contributed by atoms with E-state index in [1.54, 1.807) is 6.07 Å². The second-order valence-electron chi connectivity index (χ2n) is 3.28. The molecular weight excluding hydrogens is 234 g/mol. The fourth-order valence-electron chi connectivity index (χ4n) is 1.57. The summed E-state index contributed by atoms with van der Waals surface area (Å²) in [5, 5.41) is 0.262. The molecule has 2 rings (SSSR count). The molecule has 0 saturated carbocycles. The molecule has 0 aliphatic carbocycles. The van der Waals surface area contributed by atoms with Crippen molar-refractivity contribution in [1.82, 2.24) is 4.98 Å². The van der Waals surface area contributed by atoms with Crippen LogP contribution in [-0.4, -0.2) is 24.0 Å². The summed E-state index contributed by atoms with van der Waals surface area (Å²) in [5.74, 6) is -1.52. The molecule has 5 nitrogen and oxygen atoms in total. The number of pyridine rings is 1. The van der Waals surface area contributed by atoms with Crippen LogP contribution in [0.25, 0.3) is 0 Å². The molecule has 84 valence electrons. The Balaban J connectivity index is 2.40. The molecule has 1 aliphatic heterocycles. The number of aromatic nitrogens is 1. The summed E-state index contributed by atoms with van der Waals surface area (Å²) in [7, 11) is 1.42. The van der Waals surface area contributed by atoms with Gasteiger partial charge >= 0.3 is 11.9 Å². The summed E-state index contributed by atoms with van der Waals surface area (Å²) in [4.78, 5) is 26.3. The molecule has 1 atom stereocenters. The lowest BCUT2D eigenvalue weighted by atomic mass is 9.99. The van der Waals surface area contributed by atoms with E-state index < -0.39 is 17.9 Å². The van der Waals surface area contributed by atoms with Crippen LogP contribution in [0.3, 0.4) is 0 Å². The Kier molecular flexibility index (Phi) is 2.78. The summed E-state index contributed by atoms with van der Waals surface area (Å²) in [6, 6.07) is 3.15. The topological polar surface area (TPSA) is 65.5 Å². The first-order valence-electron chi connectivity index (χ1n) is 4.56. The van der Waals surface area contributed by atoms with Gasteiger partial charge < -0.3 is 9.47 Å². The van der Waals surface area contributed by atoms with Crippen molar-refractivity contribution >= 4 is 23.5 Å². The molecule has 1 aromatic rings. The van der Waals surface area contributed by atoms with Crippen molar-refractivity contribution in [1.29, 1.82) is 0 Å². The first kappa shape index (κ1) is 10.9. The molecule has 2 heterocycles. The zero-order valence-electron chi connectivity index (χ0n) is 8.40. The summed E-state index contributed by atoms with van der Waals surface area (Å²) < 4.78 is 9.47. The summed E-state index contributed by atoms with van der Waals surface area (Å²) >= 11 is 5.69. The van der Waals surface area contributed by atoms with Crippen molar-refractivity contribution in [3.8, 4) is 5.88 Å². The number of halogens is 1. The van der Waals surface area contributed by atoms with Crippen molar-refractivity contribution in [2.45, 2.75) is 12.3 Å². The van der Waals surface area contributed by atoms with Crippen LogP contribution >= 0.6 is 11.6 Å². The van der Waals surface area contributed by atoms with Crippen molar-refractivity contribution < 1.29 is 19.1 Å². The summed E-state index contributed by atoms with van der Waals surface area (Å²) in [5.41, 5.74) is 0.516. The number of nitrogens with zero attached hydrogens (tertiary/aromatic N) is 1. The zero-order chi connectivity index (χ0) is 11.7. The van der Waals surface area contributed by atoms with Crippen molar-refractivity contribution in [2.24, 2.45) is 0 Å². The molecule has 0 bridgehead atoms. The lowest BCUT2D eigenvalue weighted by Gasteiger charge is -2.09. The maximum absolute atomic E-state index is 11.4. The fourth-order valence-corrected chi connectivity index (χ4v) is 1.71. The quantitative estimate of drug-likeness (QED) is 0.444. The predicted molar refractivity (Wildman–Crippen MR) is 54.3 cm³/mol. The highest BCUT2D eigenvalue weighted by Gasteiger charge is 2.36. The lowest BCUT2D eigenvalue weighted by molar-refractivity contribution is -0.152. The maximum atomic E-state index is 11.4. The van der Waals surface area contributed by atoms with Crippen LogP contribution in [0.15, 0.2) is 12.1 Å². The Labute approximate surface area is 96.3 Å². The molecule has 16 heavy (non-hydrogen) atoms. The standard InChI is InChI=1S/C10H8ClNO4/c1-15-9-5(2-3-7(11)12-9)6-4-8(13)16-10(6)14/h2-3,6H,4H2,1H3. The monoisotopic (exact) mass is 241 g/mol. The molecular formula is C10H8ClNO4. The van der Waals surface area contributed by atoms with Crippen molar-refractivity contribution in [3.63, 3.8) is 0 Å². The van der Waals surface area contributed by atoms with E-state index in [1.165, 1.54) is 13.2 Å². The number of methoxy groups -OCH3 is 1. The van der Waals surface area contributed by atoms with Gasteiger partial charge in [0.05, 0.1) is 19.4 Å². The van der Waals surface area contributed by atoms with Crippen LogP contribution in [-0.2, 0) is 14.3 Å². The molecule has 0 spiro atoms. The average molecular weight is 242 g/mol. The summed E-state index contributed by atoms with van der Waals surface area (Å²) in [6.45, 7) is 0. The Morgan fingerprint density at radius 1 is 1.50 bits per heavy atom. The van der Waals surface area contributed by atoms with Gasteiger partial charge in [-0.05, 0) is 12.1 Å². The number of carbonyl (C=O) groups excluding carboxylic acids is 2. The minimum Gasteiger partial charge on any atom is -0.481 e. The molecule has 0 amide bonds. The Morgan fingerprint density at radius 2 is 2.25 bits per heavy atom. The van der Waals surface area contributed by atoms with Crippen LogP contribution in [0, 0.1) is 0 Å². The Hall–Kier alpha value is -1.62. The van der Waals surface area contributed by atoms with Gasteiger partial charge in [0, 0.05) is 5.56 Å². The average Bonchev–Trinajstić information content (AvgIpc) is 2.57. The molecule has 6 heteroatoms. The number of hydrogen-bond donors (Lipinski definition) is 0. The predicted octanol–water partition coefficient (Wildman–Crippen LogP) is 1.30. The summed E-state index contributed by atoms with van der Waals surface area (Å²) in [6.07, 6.45) is 0.0124. The van der Waals surface area contributed by atoms with Gasteiger partial charge in [-0.1, -0.05) is 11.6 Å². The Morgan fingerprint density at radius 3 is 2.81 bits per heavy atom. The minimum atomic E-state index is -0.646. The zero-order valence-corrected chi connectivity index (χ0v) is 9.15. The van der Waals surface area contributed by atoms with E-state index >= 15 is 0 Å². The van der Waals surface area contributed by atoms with E-state index in [2.05, 4.69) is 9.72 Å². The van der Waals surface area contributed by atoms with Crippen molar-refractivity contribution in [2.75, 3.05) is 7.11 Å². The van der Waals surface area contributed by atoms with Gasteiger partial charge in [-0.2, -0.15) is 0 Å². The highest BCUT2D eigenvalue weighted by molar-refractivity contribution is 6.29. The number of rotatable bonds is 2. The van der Waals surface area contributed by atoms with E-state index in [4.69, 9.17) is 16.3 Å². The number of ether oxygens (including phenoxy) is 2. The van der Waals surface area contributed by atoms with Crippen LogP contribution in [0.2, 0.25) is 5.15 Å². The van der Waals surface area contributed by atoms with Crippen LogP contribution in [0.4, 0.5) is 0 Å². The third-order valence-corrected chi connectivity index (χ3v) is 2.50. The Bertz CT molecular complexity index is 460. The van der Waals surface area contributed by atoms with Crippen LogP contribution in [0.1, 0.15) is 17.9 Å². The van der Waals surface area contributed by atoms with Gasteiger partial charge in [0.2, 0.25) is 5.88 Å². The van der Waals surface area contributed by atoms with Gasteiger partial charge in [0.1, 0.15) is 5.15 Å². The van der Waals surface area contributed by atoms with E-state index in [0.717, 1.165) is 0 Å². The molecule has 0 N–H and O–H groups in total. The third-order valence-electron chi connectivity index (χ3n) is 2.29. The maximum Gasteiger partial charge on any atom is 0.321 e.